The highest BCUT2D eigenvalue weighted by molar-refractivity contribution is 5.01. The van der Waals surface area contributed by atoms with Gasteiger partial charge in [0, 0.05) is 11.5 Å². The molecule has 0 aromatic carbocycles. The second kappa shape index (κ2) is 3.82. The first kappa shape index (κ1) is 10.4. The van der Waals surface area contributed by atoms with E-state index in [1.54, 1.807) is 0 Å². The van der Waals surface area contributed by atoms with Gasteiger partial charge >= 0.3 is 0 Å². The summed E-state index contributed by atoms with van der Waals surface area (Å²) in [6.45, 7) is 7.87. The van der Waals surface area contributed by atoms with Crippen LogP contribution >= 0.6 is 0 Å². The summed E-state index contributed by atoms with van der Waals surface area (Å²) in [6.07, 6.45) is 4.09. The highest BCUT2D eigenvalue weighted by atomic mass is 16.5. The average molecular weight is 197 g/mol. The molecule has 0 bridgehead atoms. The molecule has 2 atom stereocenters. The van der Waals surface area contributed by atoms with Gasteiger partial charge in [-0.15, -0.1) is 0 Å². The lowest BCUT2D eigenvalue weighted by molar-refractivity contribution is 0.0231. The second-order valence-electron chi connectivity index (χ2n) is 5.35. The van der Waals surface area contributed by atoms with Gasteiger partial charge in [0.15, 0.2) is 0 Å². The van der Waals surface area contributed by atoms with Gasteiger partial charge in [0.25, 0.3) is 0 Å². The molecule has 0 saturated carbocycles. The van der Waals surface area contributed by atoms with Crippen molar-refractivity contribution in [3.63, 3.8) is 0 Å². The van der Waals surface area contributed by atoms with E-state index in [4.69, 9.17) is 4.74 Å². The van der Waals surface area contributed by atoms with Gasteiger partial charge in [-0.25, -0.2) is 0 Å². The van der Waals surface area contributed by atoms with Gasteiger partial charge in [0.05, 0.1) is 13.2 Å². The summed E-state index contributed by atoms with van der Waals surface area (Å²) in [5.74, 6) is 1.49. The van der Waals surface area contributed by atoms with Crippen LogP contribution in [0, 0.1) is 11.8 Å². The Labute approximate surface area is 87.6 Å². The Hall–Kier alpha value is -0.0800. The highest BCUT2D eigenvalue weighted by Crippen LogP contribution is 2.41. The van der Waals surface area contributed by atoms with Crippen LogP contribution in [0.15, 0.2) is 0 Å². The van der Waals surface area contributed by atoms with Crippen molar-refractivity contribution >= 4 is 0 Å². The lowest BCUT2D eigenvalue weighted by Crippen LogP contribution is -2.55. The summed E-state index contributed by atoms with van der Waals surface area (Å²) in [6, 6.07) is 0. The van der Waals surface area contributed by atoms with Crippen LogP contribution in [0.1, 0.15) is 33.1 Å². The molecule has 14 heavy (non-hydrogen) atoms. The minimum absolute atomic E-state index is 0.381. The molecule has 0 aromatic rings. The monoisotopic (exact) mass is 197 g/mol. The molecule has 0 aromatic heterocycles. The lowest BCUT2D eigenvalue weighted by Gasteiger charge is -2.46. The third-order valence-electron chi connectivity index (χ3n) is 4.26. The van der Waals surface area contributed by atoms with E-state index in [1.165, 1.54) is 25.8 Å². The first-order valence-electron chi connectivity index (χ1n) is 5.96. The number of likely N-dealkylation sites (N-methyl/N-ethyl adjacent to an activating group) is 1. The van der Waals surface area contributed by atoms with Crippen LogP contribution < -0.4 is 0 Å². The topological polar surface area (TPSA) is 12.5 Å². The number of hydrogen-bond acceptors (Lipinski definition) is 2. The fraction of sp³-hybridized carbons (Fsp3) is 1.00. The van der Waals surface area contributed by atoms with E-state index in [2.05, 4.69) is 25.8 Å². The smallest absolute Gasteiger partial charge is 0.0654 e. The van der Waals surface area contributed by atoms with Crippen molar-refractivity contribution in [3.8, 4) is 0 Å². The molecule has 0 N–H and O–H groups in total. The number of hydrogen-bond donors (Lipinski definition) is 0. The van der Waals surface area contributed by atoms with E-state index in [-0.39, 0.29) is 0 Å². The van der Waals surface area contributed by atoms with Crippen molar-refractivity contribution in [1.29, 1.82) is 0 Å². The Morgan fingerprint density at radius 2 is 2.14 bits per heavy atom. The van der Waals surface area contributed by atoms with Crippen LogP contribution in [0.4, 0.5) is 0 Å². The molecular formula is C12H23NO. The van der Waals surface area contributed by atoms with Crippen LogP contribution in [0.5, 0.6) is 0 Å². The van der Waals surface area contributed by atoms with E-state index in [1.807, 2.05) is 0 Å². The number of ether oxygens (including phenoxy) is 1. The zero-order chi connectivity index (χ0) is 10.2. The first-order valence-corrected chi connectivity index (χ1v) is 5.96. The minimum Gasteiger partial charge on any atom is -0.379 e. The number of rotatable bonds is 1. The van der Waals surface area contributed by atoms with Crippen molar-refractivity contribution in [2.24, 2.45) is 11.8 Å². The van der Waals surface area contributed by atoms with Crippen molar-refractivity contribution in [3.05, 3.63) is 0 Å². The van der Waals surface area contributed by atoms with Gasteiger partial charge in [-0.05, 0) is 32.4 Å². The maximum absolute atomic E-state index is 5.74. The van der Waals surface area contributed by atoms with Crippen LogP contribution in [-0.2, 0) is 4.74 Å². The summed E-state index contributed by atoms with van der Waals surface area (Å²) in [5, 5.41) is 0. The standard InChI is InChI=1S/C12H23NO/c1-10(2)11-8-14-9-12(11)6-4-5-7-13(12)3/h10-11H,4-9H2,1-3H3. The Balaban J connectivity index is 2.18. The van der Waals surface area contributed by atoms with Gasteiger partial charge in [0.1, 0.15) is 0 Å². The van der Waals surface area contributed by atoms with Gasteiger partial charge in [-0.1, -0.05) is 20.3 Å². The van der Waals surface area contributed by atoms with E-state index in [0.29, 0.717) is 5.54 Å². The summed E-state index contributed by atoms with van der Waals surface area (Å²) in [4.78, 5) is 2.56. The van der Waals surface area contributed by atoms with E-state index in [9.17, 15) is 0 Å². The lowest BCUT2D eigenvalue weighted by atomic mass is 9.73. The zero-order valence-electron chi connectivity index (χ0n) is 9.75. The van der Waals surface area contributed by atoms with Crippen molar-refractivity contribution < 1.29 is 4.74 Å². The molecule has 2 nitrogen and oxygen atoms in total. The summed E-state index contributed by atoms with van der Waals surface area (Å²) >= 11 is 0. The largest absolute Gasteiger partial charge is 0.379 e. The van der Waals surface area contributed by atoms with E-state index in [0.717, 1.165) is 25.0 Å². The Morgan fingerprint density at radius 1 is 1.36 bits per heavy atom. The maximum atomic E-state index is 5.74. The third-order valence-corrected chi connectivity index (χ3v) is 4.26. The molecule has 0 aliphatic carbocycles. The normalized spacial score (nSPS) is 39.9. The molecular weight excluding hydrogens is 174 g/mol. The van der Waals surface area contributed by atoms with Crippen LogP contribution in [-0.4, -0.2) is 37.2 Å². The second-order valence-corrected chi connectivity index (χ2v) is 5.35. The molecule has 2 fully saturated rings. The molecule has 0 amide bonds. The molecule has 0 radical (unpaired) electrons. The van der Waals surface area contributed by atoms with E-state index >= 15 is 0 Å². The number of likely N-dealkylation sites (tertiary alicyclic amines) is 1. The number of nitrogens with zero attached hydrogens (tertiary/aromatic N) is 1. The average Bonchev–Trinajstić information content (AvgIpc) is 2.55. The molecule has 2 aliphatic heterocycles. The van der Waals surface area contributed by atoms with E-state index < -0.39 is 0 Å². The van der Waals surface area contributed by atoms with Crippen molar-refractivity contribution in [2.45, 2.75) is 38.6 Å². The van der Waals surface area contributed by atoms with Crippen molar-refractivity contribution in [2.75, 3.05) is 26.8 Å². The van der Waals surface area contributed by atoms with Crippen LogP contribution in [0.2, 0.25) is 0 Å². The number of piperidine rings is 1. The van der Waals surface area contributed by atoms with Gasteiger partial charge in [-0.3, -0.25) is 4.90 Å². The SMILES string of the molecule is CC(C)C1COCC12CCCCN2C. The summed E-state index contributed by atoms with van der Waals surface area (Å²) in [5.41, 5.74) is 0.381. The quantitative estimate of drug-likeness (QED) is 0.638. The summed E-state index contributed by atoms with van der Waals surface area (Å²) in [7, 11) is 2.28. The molecule has 1 spiro atoms. The van der Waals surface area contributed by atoms with Crippen LogP contribution in [0.3, 0.4) is 0 Å². The molecule has 82 valence electrons. The highest BCUT2D eigenvalue weighted by Gasteiger charge is 2.48. The minimum atomic E-state index is 0.381. The fourth-order valence-corrected chi connectivity index (χ4v) is 3.28. The molecule has 2 unspecified atom stereocenters. The molecule has 2 aliphatic rings. The first-order chi connectivity index (χ1) is 6.67. The van der Waals surface area contributed by atoms with Gasteiger partial charge < -0.3 is 4.74 Å². The predicted octanol–water partition coefficient (Wildman–Crippen LogP) is 2.14. The Kier molecular flexibility index (Phi) is 2.85. The van der Waals surface area contributed by atoms with Gasteiger partial charge in [0.2, 0.25) is 0 Å². The third kappa shape index (κ3) is 1.49. The maximum Gasteiger partial charge on any atom is 0.0654 e. The molecule has 2 heteroatoms. The fourth-order valence-electron chi connectivity index (χ4n) is 3.28. The zero-order valence-corrected chi connectivity index (χ0v) is 9.75. The summed E-state index contributed by atoms with van der Waals surface area (Å²) < 4.78 is 5.74. The molecule has 2 saturated heterocycles. The van der Waals surface area contributed by atoms with Crippen LogP contribution in [0.25, 0.3) is 0 Å². The molecule has 2 rings (SSSR count). The molecule has 2 heterocycles. The Bertz CT molecular complexity index is 204. The predicted molar refractivity (Wildman–Crippen MR) is 58.4 cm³/mol. The Morgan fingerprint density at radius 3 is 2.79 bits per heavy atom. The van der Waals surface area contributed by atoms with Crippen molar-refractivity contribution in [1.82, 2.24) is 4.90 Å². The van der Waals surface area contributed by atoms with Gasteiger partial charge in [-0.2, -0.15) is 0 Å².